The van der Waals surface area contributed by atoms with Crippen LogP contribution in [0, 0.1) is 0 Å². The number of hydrogen-bond donors (Lipinski definition) is 0. The summed E-state index contributed by atoms with van der Waals surface area (Å²) < 4.78 is 9.80. The zero-order chi connectivity index (χ0) is 14.3. The van der Waals surface area contributed by atoms with Gasteiger partial charge in [0.25, 0.3) is 0 Å². The Morgan fingerprint density at radius 1 is 1.26 bits per heavy atom. The molecule has 0 heterocycles. The van der Waals surface area contributed by atoms with Gasteiger partial charge in [0.15, 0.2) is 5.78 Å². The lowest BCUT2D eigenvalue weighted by Crippen LogP contribution is -2.04. The minimum Gasteiger partial charge on any atom is -0.494 e. The fourth-order valence-electron chi connectivity index (χ4n) is 1.61. The van der Waals surface area contributed by atoms with Crippen molar-refractivity contribution >= 4 is 23.4 Å². The summed E-state index contributed by atoms with van der Waals surface area (Å²) in [6.45, 7) is 2.42. The lowest BCUT2D eigenvalue weighted by molar-refractivity contribution is -0.140. The van der Waals surface area contributed by atoms with E-state index >= 15 is 0 Å². The van der Waals surface area contributed by atoms with Crippen molar-refractivity contribution in [1.82, 2.24) is 0 Å². The Kier molecular flexibility index (Phi) is 6.36. The first-order valence-electron chi connectivity index (χ1n) is 6.10. The number of Topliss-reactive ketones (excluding diaryl/α,β-unsaturated/α-hetero) is 1. The molecule has 0 amide bonds. The number of hydrogen-bond acceptors (Lipinski definition) is 4. The number of rotatable bonds is 7. The SMILES string of the molecule is CCOc1ccc(C(=O)CCCC(=O)OC)c(Cl)c1. The third-order valence-electron chi connectivity index (χ3n) is 2.56. The smallest absolute Gasteiger partial charge is 0.305 e. The second kappa shape index (κ2) is 7.79. The number of ether oxygens (including phenoxy) is 2. The highest BCUT2D eigenvalue weighted by Crippen LogP contribution is 2.24. The zero-order valence-electron chi connectivity index (χ0n) is 11.1. The van der Waals surface area contributed by atoms with E-state index in [1.165, 1.54) is 7.11 Å². The summed E-state index contributed by atoms with van der Waals surface area (Å²) >= 11 is 6.04. The minimum atomic E-state index is -0.314. The summed E-state index contributed by atoms with van der Waals surface area (Å²) in [6, 6.07) is 4.98. The van der Waals surface area contributed by atoms with Crippen molar-refractivity contribution in [2.45, 2.75) is 26.2 Å². The maximum absolute atomic E-state index is 11.9. The molecule has 0 N–H and O–H groups in total. The van der Waals surface area contributed by atoms with E-state index in [1.54, 1.807) is 18.2 Å². The van der Waals surface area contributed by atoms with Crippen LogP contribution in [-0.2, 0) is 9.53 Å². The van der Waals surface area contributed by atoms with Gasteiger partial charge in [0.05, 0.1) is 18.7 Å². The van der Waals surface area contributed by atoms with E-state index < -0.39 is 0 Å². The van der Waals surface area contributed by atoms with Gasteiger partial charge in [0, 0.05) is 18.4 Å². The zero-order valence-corrected chi connectivity index (χ0v) is 11.8. The number of carbonyl (C=O) groups is 2. The Balaban J connectivity index is 2.59. The molecule has 0 aliphatic carbocycles. The molecule has 1 aromatic rings. The van der Waals surface area contributed by atoms with Crippen LogP contribution in [0.15, 0.2) is 18.2 Å². The highest BCUT2D eigenvalue weighted by atomic mass is 35.5. The van der Waals surface area contributed by atoms with Gasteiger partial charge in [-0.15, -0.1) is 0 Å². The highest BCUT2D eigenvalue weighted by molar-refractivity contribution is 6.34. The molecule has 1 aromatic carbocycles. The van der Waals surface area contributed by atoms with Crippen LogP contribution < -0.4 is 4.74 Å². The molecule has 0 saturated heterocycles. The molecule has 0 fully saturated rings. The van der Waals surface area contributed by atoms with Crippen molar-refractivity contribution in [3.8, 4) is 5.75 Å². The molecule has 0 radical (unpaired) electrons. The molecule has 0 aromatic heterocycles. The summed E-state index contributed by atoms with van der Waals surface area (Å²) in [5, 5.41) is 0.369. The molecule has 0 bridgehead atoms. The Morgan fingerprint density at radius 3 is 2.58 bits per heavy atom. The first-order chi connectivity index (χ1) is 9.08. The fourth-order valence-corrected chi connectivity index (χ4v) is 1.88. The molecule has 0 unspecified atom stereocenters. The van der Waals surface area contributed by atoms with Crippen molar-refractivity contribution in [3.05, 3.63) is 28.8 Å². The van der Waals surface area contributed by atoms with Gasteiger partial charge in [0.1, 0.15) is 5.75 Å². The summed E-state index contributed by atoms with van der Waals surface area (Å²) in [6.07, 6.45) is 0.953. The Bertz CT molecular complexity index is 457. The summed E-state index contributed by atoms with van der Waals surface area (Å²) in [4.78, 5) is 22.9. The van der Waals surface area contributed by atoms with Gasteiger partial charge in [0.2, 0.25) is 0 Å². The van der Waals surface area contributed by atoms with Crippen LogP contribution in [0.25, 0.3) is 0 Å². The lowest BCUT2D eigenvalue weighted by atomic mass is 10.1. The molecule has 19 heavy (non-hydrogen) atoms. The normalized spacial score (nSPS) is 10.1. The number of ketones is 1. The summed E-state index contributed by atoms with van der Waals surface area (Å²) in [7, 11) is 1.33. The van der Waals surface area contributed by atoms with Crippen LogP contribution in [-0.4, -0.2) is 25.5 Å². The predicted molar refractivity (Wildman–Crippen MR) is 72.8 cm³/mol. The molecule has 5 heteroatoms. The number of carbonyl (C=O) groups excluding carboxylic acids is 2. The Morgan fingerprint density at radius 2 is 2.00 bits per heavy atom. The van der Waals surface area contributed by atoms with Crippen LogP contribution >= 0.6 is 11.6 Å². The molecule has 0 saturated carbocycles. The van der Waals surface area contributed by atoms with Gasteiger partial charge < -0.3 is 9.47 Å². The maximum atomic E-state index is 11.9. The molecule has 1 rings (SSSR count). The van der Waals surface area contributed by atoms with E-state index in [2.05, 4.69) is 4.74 Å². The molecule has 0 aliphatic heterocycles. The molecule has 4 nitrogen and oxygen atoms in total. The van der Waals surface area contributed by atoms with Crippen LogP contribution in [0.3, 0.4) is 0 Å². The average molecular weight is 285 g/mol. The molecular formula is C14H17ClO4. The third kappa shape index (κ3) is 4.91. The first-order valence-corrected chi connectivity index (χ1v) is 6.48. The van der Waals surface area contributed by atoms with Gasteiger partial charge in [-0.1, -0.05) is 11.6 Å². The van der Waals surface area contributed by atoms with E-state index in [4.69, 9.17) is 16.3 Å². The number of benzene rings is 1. The van der Waals surface area contributed by atoms with Gasteiger partial charge in [-0.25, -0.2) is 0 Å². The first kappa shape index (κ1) is 15.5. The van der Waals surface area contributed by atoms with Crippen LogP contribution in [0.5, 0.6) is 5.75 Å². The van der Waals surface area contributed by atoms with Crippen LogP contribution in [0.2, 0.25) is 5.02 Å². The van der Waals surface area contributed by atoms with E-state index in [0.717, 1.165) is 0 Å². The van der Waals surface area contributed by atoms with E-state index in [0.29, 0.717) is 29.4 Å². The van der Waals surface area contributed by atoms with Gasteiger partial charge >= 0.3 is 5.97 Å². The lowest BCUT2D eigenvalue weighted by Gasteiger charge is -2.07. The Labute approximate surface area is 117 Å². The number of esters is 1. The predicted octanol–water partition coefficient (Wildman–Crippen LogP) is 3.26. The van der Waals surface area contributed by atoms with Crippen molar-refractivity contribution < 1.29 is 19.1 Å². The van der Waals surface area contributed by atoms with Crippen molar-refractivity contribution in [1.29, 1.82) is 0 Å². The van der Waals surface area contributed by atoms with Crippen molar-refractivity contribution in [2.24, 2.45) is 0 Å². The maximum Gasteiger partial charge on any atom is 0.305 e. The second-order valence-corrected chi connectivity index (χ2v) is 4.33. The molecule has 0 atom stereocenters. The standard InChI is InChI=1S/C14H17ClO4/c1-3-19-10-7-8-11(12(15)9-10)13(16)5-4-6-14(17)18-2/h7-9H,3-6H2,1-2H3. The van der Waals surface area contributed by atoms with E-state index in [-0.39, 0.29) is 24.6 Å². The molecule has 0 spiro atoms. The monoisotopic (exact) mass is 284 g/mol. The number of halogens is 1. The molecule has 0 aliphatic rings. The van der Waals surface area contributed by atoms with E-state index in [9.17, 15) is 9.59 Å². The van der Waals surface area contributed by atoms with E-state index in [1.807, 2.05) is 6.92 Å². The summed E-state index contributed by atoms with van der Waals surface area (Å²) in [5.74, 6) is 0.237. The number of methoxy groups -OCH3 is 1. The minimum absolute atomic E-state index is 0.0862. The van der Waals surface area contributed by atoms with Gasteiger partial charge in [-0.05, 0) is 31.5 Å². The summed E-state index contributed by atoms with van der Waals surface area (Å²) in [5.41, 5.74) is 0.454. The second-order valence-electron chi connectivity index (χ2n) is 3.93. The molecular weight excluding hydrogens is 268 g/mol. The fraction of sp³-hybridized carbons (Fsp3) is 0.429. The highest BCUT2D eigenvalue weighted by Gasteiger charge is 2.12. The van der Waals surface area contributed by atoms with Gasteiger partial charge in [-0.3, -0.25) is 9.59 Å². The topological polar surface area (TPSA) is 52.6 Å². The van der Waals surface area contributed by atoms with Gasteiger partial charge in [-0.2, -0.15) is 0 Å². The van der Waals surface area contributed by atoms with Crippen LogP contribution in [0.4, 0.5) is 0 Å². The Hall–Kier alpha value is -1.55. The van der Waals surface area contributed by atoms with Crippen molar-refractivity contribution in [2.75, 3.05) is 13.7 Å². The third-order valence-corrected chi connectivity index (χ3v) is 2.88. The van der Waals surface area contributed by atoms with Crippen molar-refractivity contribution in [3.63, 3.8) is 0 Å². The quantitative estimate of drug-likeness (QED) is 0.570. The largest absolute Gasteiger partial charge is 0.494 e. The molecule has 104 valence electrons. The average Bonchev–Trinajstić information content (AvgIpc) is 2.38. The van der Waals surface area contributed by atoms with Crippen LogP contribution in [0.1, 0.15) is 36.5 Å².